The van der Waals surface area contributed by atoms with Crippen molar-refractivity contribution < 1.29 is 28.2 Å². The van der Waals surface area contributed by atoms with Crippen LogP contribution in [0.25, 0.3) is 0 Å². The molecule has 0 fully saturated rings. The molecule has 0 aliphatic carbocycles. The van der Waals surface area contributed by atoms with Gasteiger partial charge in [0.1, 0.15) is 11.8 Å². The van der Waals surface area contributed by atoms with E-state index in [-0.39, 0.29) is 4.90 Å². The summed E-state index contributed by atoms with van der Waals surface area (Å²) in [5.74, 6) is -0.800. The minimum atomic E-state index is -3.98. The van der Waals surface area contributed by atoms with Crippen LogP contribution in [0, 0.1) is 0 Å². The Hall–Kier alpha value is -1.64. The summed E-state index contributed by atoms with van der Waals surface area (Å²) < 4.78 is 31.1. The molecule has 1 atom stereocenters. The number of nitrogens with one attached hydrogen (secondary N) is 1. The minimum absolute atomic E-state index is 0.0450. The molecule has 8 heteroatoms. The SMILES string of the molecule is O=C(O)[C@H](CO)NS(=O)(=O)c1ccc2c(c1)CCO2. The lowest BCUT2D eigenvalue weighted by atomic mass is 10.2. The molecule has 0 amide bonds. The number of carbonyl (C=O) groups is 1. The average molecular weight is 287 g/mol. The second-order valence-electron chi connectivity index (χ2n) is 4.06. The quantitative estimate of drug-likeness (QED) is 0.663. The largest absolute Gasteiger partial charge is 0.493 e. The molecule has 104 valence electrons. The highest BCUT2D eigenvalue weighted by Gasteiger charge is 2.26. The number of benzene rings is 1. The highest BCUT2D eigenvalue weighted by molar-refractivity contribution is 7.89. The lowest BCUT2D eigenvalue weighted by molar-refractivity contribution is -0.139. The van der Waals surface area contributed by atoms with Crippen LogP contribution in [0.4, 0.5) is 0 Å². The summed E-state index contributed by atoms with van der Waals surface area (Å²) in [7, 11) is -3.98. The van der Waals surface area contributed by atoms with Gasteiger partial charge in [-0.1, -0.05) is 0 Å². The molecule has 0 radical (unpaired) electrons. The molecule has 0 saturated heterocycles. The fourth-order valence-electron chi connectivity index (χ4n) is 1.75. The summed E-state index contributed by atoms with van der Waals surface area (Å²) in [6.45, 7) is -0.316. The third kappa shape index (κ3) is 2.86. The summed E-state index contributed by atoms with van der Waals surface area (Å²) in [6, 6.07) is 2.75. The van der Waals surface area contributed by atoms with Crippen molar-refractivity contribution >= 4 is 16.0 Å². The van der Waals surface area contributed by atoms with Crippen molar-refractivity contribution in [3.05, 3.63) is 23.8 Å². The van der Waals surface area contributed by atoms with E-state index in [1.807, 2.05) is 4.72 Å². The Morgan fingerprint density at radius 2 is 2.21 bits per heavy atom. The molecule has 0 spiro atoms. The number of carboxylic acid groups (broad SMARTS) is 1. The van der Waals surface area contributed by atoms with Gasteiger partial charge < -0.3 is 14.9 Å². The number of ether oxygens (including phenoxy) is 1. The lowest BCUT2D eigenvalue weighted by Crippen LogP contribution is -2.43. The highest BCUT2D eigenvalue weighted by atomic mass is 32.2. The fourth-order valence-corrected chi connectivity index (χ4v) is 2.98. The average Bonchev–Trinajstić information content (AvgIpc) is 2.82. The van der Waals surface area contributed by atoms with Gasteiger partial charge in [-0.05, 0) is 23.8 Å². The van der Waals surface area contributed by atoms with E-state index in [9.17, 15) is 13.2 Å². The smallest absolute Gasteiger partial charge is 0.324 e. The first-order valence-corrected chi connectivity index (χ1v) is 7.04. The molecule has 19 heavy (non-hydrogen) atoms. The van der Waals surface area contributed by atoms with E-state index < -0.39 is 28.6 Å². The van der Waals surface area contributed by atoms with Crippen LogP contribution in [0.1, 0.15) is 5.56 Å². The number of aliphatic carboxylic acids is 1. The summed E-state index contributed by atoms with van der Waals surface area (Å²) in [6.07, 6.45) is 0.612. The van der Waals surface area contributed by atoms with Crippen LogP contribution in [0.5, 0.6) is 5.75 Å². The zero-order chi connectivity index (χ0) is 14.0. The molecule has 7 nitrogen and oxygen atoms in total. The van der Waals surface area contributed by atoms with Crippen LogP contribution in [0.2, 0.25) is 0 Å². The van der Waals surface area contributed by atoms with Crippen molar-refractivity contribution in [1.29, 1.82) is 0 Å². The van der Waals surface area contributed by atoms with Gasteiger partial charge in [0, 0.05) is 6.42 Å². The molecule has 1 aromatic rings. The maximum Gasteiger partial charge on any atom is 0.324 e. The molecule has 3 N–H and O–H groups in total. The maximum absolute atomic E-state index is 12.0. The molecule has 1 aliphatic heterocycles. The zero-order valence-electron chi connectivity index (χ0n) is 9.87. The molecule has 1 aliphatic rings. The van der Waals surface area contributed by atoms with E-state index in [4.69, 9.17) is 14.9 Å². The van der Waals surface area contributed by atoms with E-state index in [2.05, 4.69) is 0 Å². The number of hydrogen-bond donors (Lipinski definition) is 3. The van der Waals surface area contributed by atoms with Gasteiger partial charge in [-0.2, -0.15) is 4.72 Å². The van der Waals surface area contributed by atoms with E-state index in [0.717, 1.165) is 5.56 Å². The molecular formula is C11H13NO6S. The van der Waals surface area contributed by atoms with Crippen molar-refractivity contribution in [1.82, 2.24) is 4.72 Å². The van der Waals surface area contributed by atoms with Crippen molar-refractivity contribution in [2.45, 2.75) is 17.4 Å². The van der Waals surface area contributed by atoms with Crippen molar-refractivity contribution in [2.24, 2.45) is 0 Å². The second-order valence-corrected chi connectivity index (χ2v) is 5.78. The van der Waals surface area contributed by atoms with Crippen LogP contribution >= 0.6 is 0 Å². The zero-order valence-corrected chi connectivity index (χ0v) is 10.7. The first-order chi connectivity index (χ1) is 8.94. The Bertz CT molecular complexity index is 597. The molecule has 2 rings (SSSR count). The predicted molar refractivity (Wildman–Crippen MR) is 64.5 cm³/mol. The number of rotatable bonds is 5. The standard InChI is InChI=1S/C11H13NO6S/c13-6-9(11(14)15)12-19(16,17)8-1-2-10-7(5-8)3-4-18-10/h1-2,5,9,12-13H,3-4,6H2,(H,14,15)/t9-/m0/s1. The first-order valence-electron chi connectivity index (χ1n) is 5.56. The van der Waals surface area contributed by atoms with Crippen molar-refractivity contribution in [3.8, 4) is 5.75 Å². The molecule has 0 bridgehead atoms. The van der Waals surface area contributed by atoms with Gasteiger partial charge >= 0.3 is 5.97 Å². The number of aliphatic hydroxyl groups excluding tert-OH is 1. The monoisotopic (exact) mass is 287 g/mol. The third-order valence-corrected chi connectivity index (χ3v) is 4.22. The Labute approximate surface area is 109 Å². The van der Waals surface area contributed by atoms with Crippen LogP contribution in [0.15, 0.2) is 23.1 Å². The lowest BCUT2D eigenvalue weighted by Gasteiger charge is -2.12. The Morgan fingerprint density at radius 1 is 1.47 bits per heavy atom. The third-order valence-electron chi connectivity index (χ3n) is 2.75. The van der Waals surface area contributed by atoms with E-state index in [0.29, 0.717) is 18.8 Å². The van der Waals surface area contributed by atoms with E-state index in [1.165, 1.54) is 18.2 Å². The first kappa shape index (κ1) is 13.8. The highest BCUT2D eigenvalue weighted by Crippen LogP contribution is 2.27. The van der Waals surface area contributed by atoms with Gasteiger partial charge in [-0.3, -0.25) is 4.79 Å². The van der Waals surface area contributed by atoms with Crippen LogP contribution in [-0.4, -0.2) is 43.9 Å². The number of aliphatic hydroxyl groups is 1. The summed E-state index contributed by atoms with van der Waals surface area (Å²) in [4.78, 5) is 10.7. The summed E-state index contributed by atoms with van der Waals surface area (Å²) in [5, 5.41) is 17.6. The van der Waals surface area contributed by atoms with E-state index in [1.54, 1.807) is 0 Å². The molecule has 0 aromatic heterocycles. The molecule has 0 saturated carbocycles. The molecule has 1 heterocycles. The predicted octanol–water partition coefficient (Wildman–Crippen LogP) is -0.655. The van der Waals surface area contributed by atoms with Crippen LogP contribution in [0.3, 0.4) is 0 Å². The second kappa shape index (κ2) is 5.16. The number of carboxylic acids is 1. The normalized spacial score (nSPS) is 15.6. The van der Waals surface area contributed by atoms with Crippen LogP contribution in [-0.2, 0) is 21.2 Å². The molecular weight excluding hydrogens is 274 g/mol. The van der Waals surface area contributed by atoms with Gasteiger partial charge in [0.2, 0.25) is 10.0 Å². The molecule has 0 unspecified atom stereocenters. The van der Waals surface area contributed by atoms with Gasteiger partial charge in [-0.25, -0.2) is 8.42 Å². The van der Waals surface area contributed by atoms with Crippen molar-refractivity contribution in [2.75, 3.05) is 13.2 Å². The number of fused-ring (bicyclic) bond motifs is 1. The fraction of sp³-hybridized carbons (Fsp3) is 0.364. The van der Waals surface area contributed by atoms with Gasteiger partial charge in [-0.15, -0.1) is 0 Å². The Balaban J connectivity index is 2.27. The van der Waals surface area contributed by atoms with Crippen molar-refractivity contribution in [3.63, 3.8) is 0 Å². The number of sulfonamides is 1. The Morgan fingerprint density at radius 3 is 2.84 bits per heavy atom. The summed E-state index contributed by atoms with van der Waals surface area (Å²) in [5.41, 5.74) is 0.763. The summed E-state index contributed by atoms with van der Waals surface area (Å²) >= 11 is 0. The van der Waals surface area contributed by atoms with Gasteiger partial charge in [0.15, 0.2) is 0 Å². The topological polar surface area (TPSA) is 113 Å². The van der Waals surface area contributed by atoms with E-state index >= 15 is 0 Å². The van der Waals surface area contributed by atoms with Gasteiger partial charge in [0.05, 0.1) is 18.1 Å². The Kier molecular flexibility index (Phi) is 3.74. The number of hydrogen-bond acceptors (Lipinski definition) is 5. The maximum atomic E-state index is 12.0. The van der Waals surface area contributed by atoms with Crippen LogP contribution < -0.4 is 9.46 Å². The van der Waals surface area contributed by atoms with Gasteiger partial charge in [0.25, 0.3) is 0 Å². The molecule has 1 aromatic carbocycles. The minimum Gasteiger partial charge on any atom is -0.493 e.